The number of nitrogens with zero attached hydrogens (tertiary/aromatic N) is 2. The standard InChI is InChI=1S/C13H19N3O2S/c1-2-4-11(17)16-7-3-5-10(9-16)12(18)15-13-14-6-8-19-13/h6,8,10H,2-5,7,9H2,1H3,(H,14,15,18). The van der Waals surface area contributed by atoms with Crippen LogP contribution in [0.4, 0.5) is 5.13 Å². The predicted molar refractivity (Wildman–Crippen MR) is 75.0 cm³/mol. The van der Waals surface area contributed by atoms with E-state index in [4.69, 9.17) is 0 Å². The molecular formula is C13H19N3O2S. The van der Waals surface area contributed by atoms with E-state index in [0.717, 1.165) is 25.8 Å². The number of carbonyl (C=O) groups excluding carboxylic acids is 2. The molecule has 2 heterocycles. The van der Waals surface area contributed by atoms with Gasteiger partial charge in [0, 0.05) is 31.1 Å². The molecule has 1 aliphatic rings. The van der Waals surface area contributed by atoms with Gasteiger partial charge in [-0.1, -0.05) is 6.92 Å². The summed E-state index contributed by atoms with van der Waals surface area (Å²) in [6.07, 6.45) is 4.82. The van der Waals surface area contributed by atoms with Crippen LogP contribution in [0.3, 0.4) is 0 Å². The minimum Gasteiger partial charge on any atom is -0.342 e. The zero-order valence-corrected chi connectivity index (χ0v) is 11.9. The van der Waals surface area contributed by atoms with Crippen LogP contribution < -0.4 is 5.32 Å². The largest absolute Gasteiger partial charge is 0.342 e. The number of aromatic nitrogens is 1. The van der Waals surface area contributed by atoms with E-state index >= 15 is 0 Å². The molecular weight excluding hydrogens is 262 g/mol. The van der Waals surface area contributed by atoms with Gasteiger partial charge in [-0.2, -0.15) is 0 Å². The fourth-order valence-electron chi connectivity index (χ4n) is 2.28. The molecule has 0 radical (unpaired) electrons. The van der Waals surface area contributed by atoms with Gasteiger partial charge in [0.25, 0.3) is 0 Å². The second-order valence-electron chi connectivity index (χ2n) is 4.76. The van der Waals surface area contributed by atoms with Crippen LogP contribution >= 0.6 is 11.3 Å². The highest BCUT2D eigenvalue weighted by molar-refractivity contribution is 7.13. The van der Waals surface area contributed by atoms with Crippen molar-refractivity contribution in [2.24, 2.45) is 5.92 Å². The quantitative estimate of drug-likeness (QED) is 0.919. The SMILES string of the molecule is CCCC(=O)N1CCCC(C(=O)Nc2nccs2)C1. The summed E-state index contributed by atoms with van der Waals surface area (Å²) in [5.41, 5.74) is 0. The number of piperidine rings is 1. The summed E-state index contributed by atoms with van der Waals surface area (Å²) < 4.78 is 0. The van der Waals surface area contributed by atoms with Gasteiger partial charge in [0.1, 0.15) is 0 Å². The van der Waals surface area contributed by atoms with E-state index in [-0.39, 0.29) is 17.7 Å². The van der Waals surface area contributed by atoms with E-state index in [1.54, 1.807) is 6.20 Å². The highest BCUT2D eigenvalue weighted by Gasteiger charge is 2.28. The monoisotopic (exact) mass is 281 g/mol. The van der Waals surface area contributed by atoms with Crippen LogP contribution in [0.1, 0.15) is 32.6 Å². The molecule has 6 heteroatoms. The van der Waals surface area contributed by atoms with Crippen LogP contribution in [0.15, 0.2) is 11.6 Å². The highest BCUT2D eigenvalue weighted by Crippen LogP contribution is 2.20. The van der Waals surface area contributed by atoms with E-state index in [1.807, 2.05) is 17.2 Å². The van der Waals surface area contributed by atoms with Crippen molar-refractivity contribution in [1.29, 1.82) is 0 Å². The maximum absolute atomic E-state index is 12.1. The normalized spacial score (nSPS) is 19.2. The number of nitrogens with one attached hydrogen (secondary N) is 1. The van der Waals surface area contributed by atoms with Crippen molar-refractivity contribution >= 4 is 28.3 Å². The number of thiazole rings is 1. The molecule has 0 spiro atoms. The van der Waals surface area contributed by atoms with Gasteiger partial charge < -0.3 is 10.2 Å². The summed E-state index contributed by atoms with van der Waals surface area (Å²) in [7, 11) is 0. The smallest absolute Gasteiger partial charge is 0.231 e. The van der Waals surface area contributed by atoms with E-state index in [0.29, 0.717) is 18.1 Å². The Hall–Kier alpha value is -1.43. The summed E-state index contributed by atoms with van der Waals surface area (Å²) in [5, 5.41) is 5.27. The summed E-state index contributed by atoms with van der Waals surface area (Å²) in [6, 6.07) is 0. The number of carbonyl (C=O) groups is 2. The van der Waals surface area contributed by atoms with E-state index < -0.39 is 0 Å². The zero-order chi connectivity index (χ0) is 13.7. The molecule has 104 valence electrons. The van der Waals surface area contributed by atoms with Crippen molar-refractivity contribution in [1.82, 2.24) is 9.88 Å². The van der Waals surface area contributed by atoms with Crippen molar-refractivity contribution < 1.29 is 9.59 Å². The first kappa shape index (κ1) is 14.0. The Morgan fingerprint density at radius 2 is 2.42 bits per heavy atom. The molecule has 1 aromatic heterocycles. The first-order valence-electron chi connectivity index (χ1n) is 6.69. The lowest BCUT2D eigenvalue weighted by Crippen LogP contribution is -2.43. The summed E-state index contributed by atoms with van der Waals surface area (Å²) >= 11 is 1.41. The van der Waals surface area contributed by atoms with Crippen molar-refractivity contribution in [2.75, 3.05) is 18.4 Å². The maximum atomic E-state index is 12.1. The third-order valence-electron chi connectivity index (χ3n) is 3.27. The molecule has 19 heavy (non-hydrogen) atoms. The van der Waals surface area contributed by atoms with Crippen LogP contribution in [0.25, 0.3) is 0 Å². The number of anilines is 1. The van der Waals surface area contributed by atoms with E-state index in [2.05, 4.69) is 10.3 Å². The second kappa shape index (κ2) is 6.65. The molecule has 1 aromatic rings. The van der Waals surface area contributed by atoms with Crippen LogP contribution in [-0.4, -0.2) is 34.8 Å². The number of hydrogen-bond donors (Lipinski definition) is 1. The number of hydrogen-bond acceptors (Lipinski definition) is 4. The molecule has 0 bridgehead atoms. The molecule has 2 rings (SSSR count). The van der Waals surface area contributed by atoms with Crippen molar-refractivity contribution in [3.63, 3.8) is 0 Å². The second-order valence-corrected chi connectivity index (χ2v) is 5.65. The molecule has 0 aliphatic carbocycles. The first-order valence-corrected chi connectivity index (χ1v) is 7.56. The average molecular weight is 281 g/mol. The molecule has 2 amide bonds. The van der Waals surface area contributed by atoms with Gasteiger partial charge in [-0.3, -0.25) is 9.59 Å². The lowest BCUT2D eigenvalue weighted by molar-refractivity contribution is -0.134. The summed E-state index contributed by atoms with van der Waals surface area (Å²) in [5.74, 6) is 0.0247. The van der Waals surface area contributed by atoms with Gasteiger partial charge >= 0.3 is 0 Å². The van der Waals surface area contributed by atoms with E-state index in [9.17, 15) is 9.59 Å². The Kier molecular flexibility index (Phi) is 4.90. The topological polar surface area (TPSA) is 62.3 Å². The lowest BCUT2D eigenvalue weighted by Gasteiger charge is -2.31. The Morgan fingerprint density at radius 1 is 1.58 bits per heavy atom. The van der Waals surface area contributed by atoms with Crippen LogP contribution in [-0.2, 0) is 9.59 Å². The van der Waals surface area contributed by atoms with Crippen LogP contribution in [0, 0.1) is 5.92 Å². The molecule has 1 saturated heterocycles. The van der Waals surface area contributed by atoms with Crippen LogP contribution in [0.5, 0.6) is 0 Å². The van der Waals surface area contributed by atoms with Gasteiger partial charge in [-0.05, 0) is 19.3 Å². The average Bonchev–Trinajstić information content (AvgIpc) is 2.92. The van der Waals surface area contributed by atoms with E-state index in [1.165, 1.54) is 11.3 Å². The van der Waals surface area contributed by atoms with Gasteiger partial charge in [0.2, 0.25) is 11.8 Å². The molecule has 1 aliphatic heterocycles. The molecule has 1 fully saturated rings. The molecule has 0 saturated carbocycles. The Morgan fingerprint density at radius 3 is 3.11 bits per heavy atom. The highest BCUT2D eigenvalue weighted by atomic mass is 32.1. The molecule has 1 atom stereocenters. The van der Waals surface area contributed by atoms with Gasteiger partial charge in [-0.25, -0.2) is 4.98 Å². The predicted octanol–water partition coefficient (Wildman–Crippen LogP) is 2.12. The molecule has 1 unspecified atom stereocenters. The third kappa shape index (κ3) is 3.76. The first-order chi connectivity index (χ1) is 9.20. The molecule has 0 aromatic carbocycles. The minimum atomic E-state index is -0.113. The zero-order valence-electron chi connectivity index (χ0n) is 11.1. The van der Waals surface area contributed by atoms with Gasteiger partial charge in [-0.15, -0.1) is 11.3 Å². The van der Waals surface area contributed by atoms with Crippen LogP contribution in [0.2, 0.25) is 0 Å². The fraction of sp³-hybridized carbons (Fsp3) is 0.615. The Bertz CT molecular complexity index is 433. The molecule has 1 N–H and O–H groups in total. The third-order valence-corrected chi connectivity index (χ3v) is 3.96. The van der Waals surface area contributed by atoms with Crippen molar-refractivity contribution in [3.8, 4) is 0 Å². The maximum Gasteiger partial charge on any atom is 0.231 e. The summed E-state index contributed by atoms with van der Waals surface area (Å²) in [4.78, 5) is 29.8. The minimum absolute atomic E-state index is 0.0241. The fourth-order valence-corrected chi connectivity index (χ4v) is 2.81. The Labute approximate surface area is 117 Å². The van der Waals surface area contributed by atoms with Gasteiger partial charge in [0.15, 0.2) is 5.13 Å². The Balaban J connectivity index is 1.89. The van der Waals surface area contributed by atoms with Crippen molar-refractivity contribution in [2.45, 2.75) is 32.6 Å². The van der Waals surface area contributed by atoms with Crippen molar-refractivity contribution in [3.05, 3.63) is 11.6 Å². The number of amides is 2. The number of rotatable bonds is 4. The van der Waals surface area contributed by atoms with Gasteiger partial charge in [0.05, 0.1) is 5.92 Å². The molecule has 5 nitrogen and oxygen atoms in total. The lowest BCUT2D eigenvalue weighted by atomic mass is 9.97. The number of likely N-dealkylation sites (tertiary alicyclic amines) is 1. The summed E-state index contributed by atoms with van der Waals surface area (Å²) in [6.45, 7) is 3.31.